The first-order chi connectivity index (χ1) is 11.9. The van der Waals surface area contributed by atoms with E-state index < -0.39 is 0 Å². The predicted octanol–water partition coefficient (Wildman–Crippen LogP) is 3.45. The van der Waals surface area contributed by atoms with Crippen LogP contribution in [0.5, 0.6) is 0 Å². The van der Waals surface area contributed by atoms with E-state index in [2.05, 4.69) is 22.7 Å². The molecule has 5 nitrogen and oxygen atoms in total. The summed E-state index contributed by atoms with van der Waals surface area (Å²) in [5, 5.41) is 11.8. The zero-order valence-electron chi connectivity index (χ0n) is 14.8. The standard InChI is InChI=1S/C18H24Cl2N4O/c1-4-7-21-8-9-22-18(25)11-15-12(2)23-24(13(15)3)17-6-5-14(19)10-16(17)20/h5-6,10,21H,4,7-9,11H2,1-3H3,(H,22,25). The summed E-state index contributed by atoms with van der Waals surface area (Å²) >= 11 is 12.2. The van der Waals surface area contributed by atoms with Gasteiger partial charge in [-0.05, 0) is 45.0 Å². The molecule has 1 aromatic heterocycles. The van der Waals surface area contributed by atoms with E-state index in [0.29, 0.717) is 23.0 Å². The third-order valence-electron chi connectivity index (χ3n) is 3.97. The monoisotopic (exact) mass is 382 g/mol. The fourth-order valence-corrected chi connectivity index (χ4v) is 3.12. The quantitative estimate of drug-likeness (QED) is 0.687. The highest BCUT2D eigenvalue weighted by Gasteiger charge is 2.17. The summed E-state index contributed by atoms with van der Waals surface area (Å²) in [6.07, 6.45) is 1.38. The molecule has 0 unspecified atom stereocenters. The highest BCUT2D eigenvalue weighted by atomic mass is 35.5. The number of aromatic nitrogens is 2. The normalized spacial score (nSPS) is 10.9. The molecule has 1 aromatic carbocycles. The number of carbonyl (C=O) groups is 1. The van der Waals surface area contributed by atoms with Crippen molar-refractivity contribution in [3.63, 3.8) is 0 Å². The zero-order valence-corrected chi connectivity index (χ0v) is 16.3. The highest BCUT2D eigenvalue weighted by molar-refractivity contribution is 6.35. The first-order valence-electron chi connectivity index (χ1n) is 8.42. The van der Waals surface area contributed by atoms with Crippen LogP contribution < -0.4 is 10.6 Å². The summed E-state index contributed by atoms with van der Waals surface area (Å²) in [4.78, 5) is 12.2. The van der Waals surface area contributed by atoms with Gasteiger partial charge in [0.05, 0.1) is 22.8 Å². The van der Waals surface area contributed by atoms with Gasteiger partial charge in [-0.15, -0.1) is 0 Å². The minimum Gasteiger partial charge on any atom is -0.355 e. The molecule has 0 aliphatic heterocycles. The van der Waals surface area contributed by atoms with Crippen molar-refractivity contribution in [1.82, 2.24) is 20.4 Å². The highest BCUT2D eigenvalue weighted by Crippen LogP contribution is 2.27. The third-order valence-corrected chi connectivity index (χ3v) is 4.50. The maximum absolute atomic E-state index is 12.2. The second kappa shape index (κ2) is 9.22. The number of rotatable bonds is 8. The molecule has 136 valence electrons. The molecule has 0 atom stereocenters. The fourth-order valence-electron chi connectivity index (χ4n) is 2.63. The summed E-state index contributed by atoms with van der Waals surface area (Å²) in [5.74, 6) is -0.00810. The van der Waals surface area contributed by atoms with E-state index in [4.69, 9.17) is 23.2 Å². The van der Waals surface area contributed by atoms with Gasteiger partial charge in [0.25, 0.3) is 0 Å². The Morgan fingerprint density at radius 2 is 1.96 bits per heavy atom. The molecule has 1 heterocycles. The summed E-state index contributed by atoms with van der Waals surface area (Å²) in [5.41, 5.74) is 3.40. The van der Waals surface area contributed by atoms with Crippen LogP contribution in [0.25, 0.3) is 5.69 Å². The minimum absolute atomic E-state index is 0.00810. The third kappa shape index (κ3) is 5.21. The Kier molecular flexibility index (Phi) is 7.29. The summed E-state index contributed by atoms with van der Waals surface area (Å²) in [6.45, 7) is 8.31. The van der Waals surface area contributed by atoms with Crippen LogP contribution >= 0.6 is 23.2 Å². The van der Waals surface area contributed by atoms with Crippen molar-refractivity contribution in [3.05, 3.63) is 45.2 Å². The molecular weight excluding hydrogens is 359 g/mol. The zero-order chi connectivity index (χ0) is 18.4. The SMILES string of the molecule is CCCNCCNC(=O)Cc1c(C)nn(-c2ccc(Cl)cc2Cl)c1C. The first-order valence-corrected chi connectivity index (χ1v) is 9.17. The number of benzene rings is 1. The number of aryl methyl sites for hydroxylation is 1. The first kappa shape index (κ1) is 19.8. The van der Waals surface area contributed by atoms with Gasteiger partial charge in [0.1, 0.15) is 0 Å². The van der Waals surface area contributed by atoms with Gasteiger partial charge in [-0.1, -0.05) is 30.1 Å². The molecule has 2 N–H and O–H groups in total. The fraction of sp³-hybridized carbons (Fsp3) is 0.444. The number of nitrogens with zero attached hydrogens (tertiary/aromatic N) is 2. The molecule has 1 amide bonds. The molecule has 7 heteroatoms. The molecule has 2 aromatic rings. The van der Waals surface area contributed by atoms with E-state index in [-0.39, 0.29) is 5.91 Å². The van der Waals surface area contributed by atoms with E-state index in [9.17, 15) is 4.79 Å². The van der Waals surface area contributed by atoms with Gasteiger partial charge in [-0.3, -0.25) is 4.79 Å². The lowest BCUT2D eigenvalue weighted by atomic mass is 10.1. The number of hydrogen-bond acceptors (Lipinski definition) is 3. The van der Waals surface area contributed by atoms with E-state index in [1.165, 1.54) is 0 Å². The molecule has 0 saturated heterocycles. The van der Waals surface area contributed by atoms with Crippen LogP contribution in [0.1, 0.15) is 30.3 Å². The van der Waals surface area contributed by atoms with Gasteiger partial charge in [0, 0.05) is 29.4 Å². The molecule has 2 rings (SSSR count). The number of halogens is 2. The van der Waals surface area contributed by atoms with Gasteiger partial charge in [-0.2, -0.15) is 5.10 Å². The van der Waals surface area contributed by atoms with Crippen LogP contribution in [0, 0.1) is 13.8 Å². The summed E-state index contributed by atoms with van der Waals surface area (Å²) < 4.78 is 1.76. The van der Waals surface area contributed by atoms with E-state index >= 15 is 0 Å². The lowest BCUT2D eigenvalue weighted by Crippen LogP contribution is -2.33. The lowest BCUT2D eigenvalue weighted by molar-refractivity contribution is -0.120. The second-order valence-corrected chi connectivity index (χ2v) is 6.78. The van der Waals surface area contributed by atoms with Crippen molar-refractivity contribution in [2.24, 2.45) is 0 Å². The Morgan fingerprint density at radius 3 is 2.64 bits per heavy atom. The van der Waals surface area contributed by atoms with Crippen LogP contribution in [0.15, 0.2) is 18.2 Å². The average Bonchev–Trinajstić information content (AvgIpc) is 2.83. The molecule has 0 bridgehead atoms. The van der Waals surface area contributed by atoms with Crippen molar-refractivity contribution in [2.75, 3.05) is 19.6 Å². The molecule has 0 spiro atoms. The van der Waals surface area contributed by atoms with Crippen molar-refractivity contribution in [3.8, 4) is 5.69 Å². The minimum atomic E-state index is -0.00810. The van der Waals surface area contributed by atoms with Crippen molar-refractivity contribution < 1.29 is 4.79 Å². The Bertz CT molecular complexity index is 743. The van der Waals surface area contributed by atoms with Crippen molar-refractivity contribution in [2.45, 2.75) is 33.6 Å². The summed E-state index contributed by atoms with van der Waals surface area (Å²) in [7, 11) is 0. The van der Waals surface area contributed by atoms with E-state index in [0.717, 1.165) is 42.1 Å². The predicted molar refractivity (Wildman–Crippen MR) is 103 cm³/mol. The average molecular weight is 383 g/mol. The second-order valence-electron chi connectivity index (χ2n) is 5.93. The van der Waals surface area contributed by atoms with Crippen LogP contribution in [-0.4, -0.2) is 35.3 Å². The van der Waals surface area contributed by atoms with Gasteiger partial charge in [0.15, 0.2) is 0 Å². The van der Waals surface area contributed by atoms with E-state index in [1.807, 2.05) is 19.9 Å². The maximum Gasteiger partial charge on any atom is 0.224 e. The molecular formula is C18H24Cl2N4O. The smallest absolute Gasteiger partial charge is 0.224 e. The van der Waals surface area contributed by atoms with Crippen LogP contribution in [0.2, 0.25) is 10.0 Å². The van der Waals surface area contributed by atoms with Gasteiger partial charge >= 0.3 is 0 Å². The Morgan fingerprint density at radius 1 is 1.20 bits per heavy atom. The molecule has 0 fully saturated rings. The number of nitrogens with one attached hydrogen (secondary N) is 2. The van der Waals surface area contributed by atoms with Gasteiger partial charge in [0.2, 0.25) is 5.91 Å². The van der Waals surface area contributed by atoms with Crippen LogP contribution in [0.3, 0.4) is 0 Å². The maximum atomic E-state index is 12.2. The Labute approximate surface area is 158 Å². The molecule has 0 saturated carbocycles. The summed E-state index contributed by atoms with van der Waals surface area (Å²) in [6, 6.07) is 5.28. The lowest BCUT2D eigenvalue weighted by Gasteiger charge is -2.09. The van der Waals surface area contributed by atoms with Crippen molar-refractivity contribution >= 4 is 29.1 Å². The van der Waals surface area contributed by atoms with Crippen LogP contribution in [0.4, 0.5) is 0 Å². The molecule has 0 aliphatic rings. The largest absolute Gasteiger partial charge is 0.355 e. The number of amides is 1. The molecule has 0 radical (unpaired) electrons. The number of carbonyl (C=O) groups excluding carboxylic acids is 1. The van der Waals surface area contributed by atoms with Crippen LogP contribution in [-0.2, 0) is 11.2 Å². The van der Waals surface area contributed by atoms with Gasteiger partial charge < -0.3 is 10.6 Å². The van der Waals surface area contributed by atoms with E-state index in [1.54, 1.807) is 16.8 Å². The molecule has 25 heavy (non-hydrogen) atoms. The van der Waals surface area contributed by atoms with Crippen molar-refractivity contribution in [1.29, 1.82) is 0 Å². The topological polar surface area (TPSA) is 58.9 Å². The molecule has 0 aliphatic carbocycles. The Hall–Kier alpha value is -1.56. The Balaban J connectivity index is 2.07. The number of hydrogen-bond donors (Lipinski definition) is 2. The van der Waals surface area contributed by atoms with Gasteiger partial charge in [-0.25, -0.2) is 4.68 Å².